The molecule has 2 aromatic rings. The lowest BCUT2D eigenvalue weighted by Gasteiger charge is -2.26. The third kappa shape index (κ3) is 1.68. The highest BCUT2D eigenvalue weighted by atomic mass is 16.5. The first kappa shape index (κ1) is 11.5. The van der Waals surface area contributed by atoms with Gasteiger partial charge >= 0.3 is 5.63 Å². The summed E-state index contributed by atoms with van der Waals surface area (Å²) < 4.78 is 11.0. The van der Waals surface area contributed by atoms with Crippen molar-refractivity contribution in [1.29, 1.82) is 0 Å². The molecule has 1 aliphatic carbocycles. The van der Waals surface area contributed by atoms with Gasteiger partial charge in [-0.25, -0.2) is 4.79 Å². The smallest absolute Gasteiger partial charge is 0.336 e. The van der Waals surface area contributed by atoms with Crippen molar-refractivity contribution >= 4 is 16.8 Å². The highest BCUT2D eigenvalue weighted by Crippen LogP contribution is 2.37. The van der Waals surface area contributed by atoms with Crippen molar-refractivity contribution in [2.75, 3.05) is 0 Å². The molecule has 0 unspecified atom stereocenters. The fraction of sp³-hybridized carbons (Fsp3) is 0.250. The number of allylic oxidation sites excluding steroid dienone is 2. The van der Waals surface area contributed by atoms with Crippen molar-refractivity contribution in [3.8, 4) is 5.75 Å². The van der Waals surface area contributed by atoms with Gasteiger partial charge in [-0.05, 0) is 18.6 Å². The number of rotatable bonds is 0. The van der Waals surface area contributed by atoms with Gasteiger partial charge in [0, 0.05) is 47.9 Å². The average Bonchev–Trinajstić information content (AvgIpc) is 2.44. The van der Waals surface area contributed by atoms with Crippen LogP contribution in [-0.4, -0.2) is 5.78 Å². The number of fused-ring (bicyclic) bond motifs is 2. The maximum atomic E-state index is 11.9. The van der Waals surface area contributed by atoms with Gasteiger partial charge in [-0.3, -0.25) is 4.79 Å². The number of hydrogen-bond acceptors (Lipinski definition) is 4. The first-order valence-electron chi connectivity index (χ1n) is 6.70. The maximum Gasteiger partial charge on any atom is 0.336 e. The van der Waals surface area contributed by atoms with Crippen LogP contribution >= 0.6 is 0 Å². The number of carbonyl (C=O) groups is 1. The molecule has 1 aromatic heterocycles. The molecular weight excluding hydrogens is 256 g/mol. The fourth-order valence-electron chi connectivity index (χ4n) is 2.88. The number of ether oxygens (including phenoxy) is 1. The molecule has 0 N–H and O–H groups in total. The Bertz CT molecular complexity index is 826. The molecule has 4 nitrogen and oxygen atoms in total. The van der Waals surface area contributed by atoms with Crippen molar-refractivity contribution < 1.29 is 13.9 Å². The van der Waals surface area contributed by atoms with Crippen LogP contribution in [0, 0.1) is 0 Å². The van der Waals surface area contributed by atoms with Gasteiger partial charge in [-0.2, -0.15) is 0 Å². The highest BCUT2D eigenvalue weighted by molar-refractivity contribution is 5.97. The number of Topliss-reactive ketones (excluding diaryl/α,β-unsaturated/α-hetero) is 1. The summed E-state index contributed by atoms with van der Waals surface area (Å²) in [5, 5.41) is 0.847. The van der Waals surface area contributed by atoms with Gasteiger partial charge in [0.1, 0.15) is 17.1 Å². The zero-order chi connectivity index (χ0) is 13.7. The van der Waals surface area contributed by atoms with Crippen LogP contribution in [0.3, 0.4) is 0 Å². The molecule has 20 heavy (non-hydrogen) atoms. The Kier molecular flexibility index (Phi) is 2.33. The fourth-order valence-corrected chi connectivity index (χ4v) is 2.88. The largest absolute Gasteiger partial charge is 0.461 e. The van der Waals surface area contributed by atoms with Crippen LogP contribution in [0.5, 0.6) is 5.75 Å². The standard InChI is InChI=1S/C16H12O4/c17-12-2-1-3-13-11(12)7-10-6-9-4-5-16(18)20-14(9)8-15(10)19-13/h4-6,8H,1-3,7H2. The first-order valence-corrected chi connectivity index (χ1v) is 6.70. The lowest BCUT2D eigenvalue weighted by Crippen LogP contribution is -2.20. The summed E-state index contributed by atoms with van der Waals surface area (Å²) in [6, 6.07) is 6.80. The number of hydrogen-bond donors (Lipinski definition) is 0. The molecule has 0 saturated heterocycles. The molecule has 0 atom stereocenters. The number of ketones is 1. The van der Waals surface area contributed by atoms with E-state index in [9.17, 15) is 9.59 Å². The van der Waals surface area contributed by atoms with E-state index < -0.39 is 0 Å². The molecule has 0 saturated carbocycles. The van der Waals surface area contributed by atoms with Crippen LogP contribution in [0.15, 0.2) is 44.8 Å². The van der Waals surface area contributed by atoms with Gasteiger partial charge in [0.2, 0.25) is 0 Å². The molecule has 100 valence electrons. The molecule has 0 fully saturated rings. The number of benzene rings is 1. The van der Waals surface area contributed by atoms with Gasteiger partial charge in [0.25, 0.3) is 0 Å². The molecule has 1 aliphatic heterocycles. The van der Waals surface area contributed by atoms with Crippen LogP contribution in [0.1, 0.15) is 24.8 Å². The Morgan fingerprint density at radius 1 is 1.05 bits per heavy atom. The summed E-state index contributed by atoms with van der Waals surface area (Å²) in [5.41, 5.74) is 1.92. The second-order valence-corrected chi connectivity index (χ2v) is 5.21. The van der Waals surface area contributed by atoms with Gasteiger partial charge < -0.3 is 9.15 Å². The SMILES string of the molecule is O=C1CCCC2=C1Cc1cc3ccc(=O)oc3cc1O2. The van der Waals surface area contributed by atoms with Crippen LogP contribution < -0.4 is 10.4 Å². The van der Waals surface area contributed by atoms with Gasteiger partial charge in [-0.1, -0.05) is 0 Å². The van der Waals surface area contributed by atoms with Crippen LogP contribution in [-0.2, 0) is 11.2 Å². The molecular formula is C16H12O4. The van der Waals surface area contributed by atoms with Crippen LogP contribution in [0.25, 0.3) is 11.0 Å². The van der Waals surface area contributed by atoms with E-state index in [4.69, 9.17) is 9.15 Å². The Labute approximate surface area is 114 Å². The van der Waals surface area contributed by atoms with E-state index in [-0.39, 0.29) is 11.4 Å². The van der Waals surface area contributed by atoms with Crippen molar-refractivity contribution in [1.82, 2.24) is 0 Å². The monoisotopic (exact) mass is 268 g/mol. The van der Waals surface area contributed by atoms with Crippen LogP contribution in [0.4, 0.5) is 0 Å². The lowest BCUT2D eigenvalue weighted by molar-refractivity contribution is -0.116. The van der Waals surface area contributed by atoms with Crippen molar-refractivity contribution in [2.24, 2.45) is 0 Å². The second-order valence-electron chi connectivity index (χ2n) is 5.21. The summed E-state index contributed by atoms with van der Waals surface area (Å²) >= 11 is 0. The van der Waals surface area contributed by atoms with Crippen molar-refractivity contribution in [2.45, 2.75) is 25.7 Å². The minimum absolute atomic E-state index is 0.191. The average molecular weight is 268 g/mol. The Balaban J connectivity index is 1.87. The van der Waals surface area contributed by atoms with E-state index >= 15 is 0 Å². The Hall–Kier alpha value is -2.36. The summed E-state index contributed by atoms with van der Waals surface area (Å²) in [4.78, 5) is 23.2. The van der Waals surface area contributed by atoms with Gasteiger partial charge in [0.15, 0.2) is 5.78 Å². The van der Waals surface area contributed by atoms with Gasteiger partial charge in [-0.15, -0.1) is 0 Å². The van der Waals surface area contributed by atoms with E-state index in [1.165, 1.54) is 6.07 Å². The summed E-state index contributed by atoms with van der Waals surface area (Å²) in [6.45, 7) is 0. The third-order valence-electron chi connectivity index (χ3n) is 3.88. The Morgan fingerprint density at radius 2 is 1.95 bits per heavy atom. The molecule has 0 spiro atoms. The molecule has 0 radical (unpaired) electrons. The minimum Gasteiger partial charge on any atom is -0.461 e. The Morgan fingerprint density at radius 3 is 2.85 bits per heavy atom. The normalized spacial score (nSPS) is 17.7. The predicted octanol–water partition coefficient (Wildman–Crippen LogP) is 2.74. The van der Waals surface area contributed by atoms with Gasteiger partial charge in [0.05, 0.1) is 0 Å². The molecule has 4 rings (SSSR count). The van der Waals surface area contributed by atoms with E-state index in [1.54, 1.807) is 12.1 Å². The maximum absolute atomic E-state index is 11.9. The molecule has 2 heterocycles. The summed E-state index contributed by atoms with van der Waals surface area (Å²) in [7, 11) is 0. The van der Waals surface area contributed by atoms with E-state index in [1.807, 2.05) is 6.07 Å². The zero-order valence-electron chi connectivity index (χ0n) is 10.8. The van der Waals surface area contributed by atoms with E-state index in [0.29, 0.717) is 24.2 Å². The molecule has 0 amide bonds. The predicted molar refractivity (Wildman–Crippen MR) is 72.7 cm³/mol. The molecule has 4 heteroatoms. The van der Waals surface area contributed by atoms with Crippen LogP contribution in [0.2, 0.25) is 0 Å². The minimum atomic E-state index is -0.374. The third-order valence-corrected chi connectivity index (χ3v) is 3.88. The second kappa shape index (κ2) is 4.07. The zero-order valence-corrected chi connectivity index (χ0v) is 10.8. The quantitative estimate of drug-likeness (QED) is 0.689. The van der Waals surface area contributed by atoms with E-state index in [0.717, 1.165) is 35.1 Å². The highest BCUT2D eigenvalue weighted by Gasteiger charge is 2.28. The summed E-state index contributed by atoms with van der Waals surface area (Å²) in [6.07, 6.45) is 2.87. The first-order chi connectivity index (χ1) is 9.70. The van der Waals surface area contributed by atoms with Crippen molar-refractivity contribution in [3.63, 3.8) is 0 Å². The lowest BCUT2D eigenvalue weighted by atomic mass is 9.89. The molecule has 1 aromatic carbocycles. The number of carbonyl (C=O) groups excluding carboxylic acids is 1. The molecule has 2 aliphatic rings. The van der Waals surface area contributed by atoms with Crippen molar-refractivity contribution in [3.05, 3.63) is 51.6 Å². The summed E-state index contributed by atoms with van der Waals surface area (Å²) in [5.74, 6) is 1.67. The molecule has 0 bridgehead atoms. The van der Waals surface area contributed by atoms with E-state index in [2.05, 4.69) is 0 Å². The topological polar surface area (TPSA) is 56.5 Å².